The zero-order valence-electron chi connectivity index (χ0n) is 10.2. The molecule has 1 saturated heterocycles. The highest BCUT2D eigenvalue weighted by atomic mass is 16.5. The Morgan fingerprint density at radius 3 is 2.61 bits per heavy atom. The third-order valence-corrected chi connectivity index (χ3v) is 3.94. The Bertz CT molecular complexity index is 526. The fraction of sp³-hybridized carbons (Fsp3) is 0.429. The summed E-state index contributed by atoms with van der Waals surface area (Å²) in [6, 6.07) is 9.62. The summed E-state index contributed by atoms with van der Waals surface area (Å²) < 4.78 is 5.09. The van der Waals surface area contributed by atoms with Crippen LogP contribution in [0.15, 0.2) is 24.3 Å². The summed E-state index contributed by atoms with van der Waals surface area (Å²) in [5.74, 6) is 0.939. The summed E-state index contributed by atoms with van der Waals surface area (Å²) in [5.41, 5.74) is 0.723. The average molecular weight is 242 g/mol. The van der Waals surface area contributed by atoms with Crippen LogP contribution in [0.3, 0.4) is 0 Å². The zero-order chi connectivity index (χ0) is 12.8. The van der Waals surface area contributed by atoms with Gasteiger partial charge in [-0.05, 0) is 30.5 Å². The van der Waals surface area contributed by atoms with Crippen molar-refractivity contribution in [2.75, 3.05) is 7.11 Å². The molecule has 4 heteroatoms. The third-order valence-electron chi connectivity index (χ3n) is 3.94. The standard InChI is InChI=1S/C14H14N2O2/c1-18-11-4-2-10(3-5-11)9-16-12(8-15)14(6-7-14)13(16)17/h2-5,12H,6-7,9H2,1H3. The molecule has 0 radical (unpaired) electrons. The molecule has 1 aromatic carbocycles. The maximum Gasteiger partial charge on any atom is 0.233 e. The Morgan fingerprint density at radius 1 is 1.44 bits per heavy atom. The molecule has 1 unspecified atom stereocenters. The molecule has 0 bridgehead atoms. The average Bonchev–Trinajstić information content (AvgIpc) is 3.21. The van der Waals surface area contributed by atoms with Crippen molar-refractivity contribution in [2.45, 2.75) is 25.4 Å². The Labute approximate surface area is 106 Å². The van der Waals surface area contributed by atoms with Gasteiger partial charge in [-0.3, -0.25) is 4.79 Å². The number of rotatable bonds is 3. The number of carbonyl (C=O) groups is 1. The molecule has 1 aromatic rings. The van der Waals surface area contributed by atoms with E-state index in [0.29, 0.717) is 6.54 Å². The van der Waals surface area contributed by atoms with Crippen LogP contribution in [0.1, 0.15) is 18.4 Å². The molecule has 1 spiro atoms. The number of benzene rings is 1. The number of ether oxygens (including phenoxy) is 1. The van der Waals surface area contributed by atoms with E-state index in [9.17, 15) is 4.79 Å². The molecule has 0 N–H and O–H groups in total. The van der Waals surface area contributed by atoms with Crippen LogP contribution < -0.4 is 4.74 Å². The summed E-state index contributed by atoms with van der Waals surface area (Å²) in [7, 11) is 1.62. The van der Waals surface area contributed by atoms with Crippen molar-refractivity contribution in [3.63, 3.8) is 0 Å². The van der Waals surface area contributed by atoms with E-state index in [4.69, 9.17) is 10.00 Å². The van der Waals surface area contributed by atoms with E-state index in [-0.39, 0.29) is 17.4 Å². The van der Waals surface area contributed by atoms with Gasteiger partial charge in [0.15, 0.2) is 0 Å². The first-order chi connectivity index (χ1) is 8.71. The minimum Gasteiger partial charge on any atom is -0.497 e. The quantitative estimate of drug-likeness (QED) is 0.758. The first kappa shape index (κ1) is 11.1. The molecule has 1 aliphatic carbocycles. The molecule has 0 aromatic heterocycles. The highest BCUT2D eigenvalue weighted by Gasteiger charge is 2.68. The highest BCUT2D eigenvalue weighted by molar-refractivity contribution is 5.94. The van der Waals surface area contributed by atoms with Crippen molar-refractivity contribution >= 4 is 5.91 Å². The normalized spacial score (nSPS) is 23.4. The zero-order valence-corrected chi connectivity index (χ0v) is 10.2. The Morgan fingerprint density at radius 2 is 2.11 bits per heavy atom. The fourth-order valence-corrected chi connectivity index (χ4v) is 2.66. The first-order valence-electron chi connectivity index (χ1n) is 6.05. The highest BCUT2D eigenvalue weighted by Crippen LogP contribution is 2.58. The van der Waals surface area contributed by atoms with Crippen LogP contribution in [-0.4, -0.2) is 24.0 Å². The van der Waals surface area contributed by atoms with Crippen molar-refractivity contribution in [3.05, 3.63) is 29.8 Å². The van der Waals surface area contributed by atoms with Crippen molar-refractivity contribution < 1.29 is 9.53 Å². The molecule has 2 fully saturated rings. The van der Waals surface area contributed by atoms with E-state index in [0.717, 1.165) is 24.2 Å². The number of β-lactam (4-membered cyclic amide) rings is 1. The van der Waals surface area contributed by atoms with Gasteiger partial charge >= 0.3 is 0 Å². The minimum atomic E-state index is -0.304. The molecule has 1 saturated carbocycles. The number of methoxy groups -OCH3 is 1. The number of nitrogens with zero attached hydrogens (tertiary/aromatic N) is 2. The lowest BCUT2D eigenvalue weighted by Gasteiger charge is -2.44. The molecular weight excluding hydrogens is 228 g/mol. The monoisotopic (exact) mass is 242 g/mol. The smallest absolute Gasteiger partial charge is 0.233 e. The van der Waals surface area contributed by atoms with Gasteiger partial charge in [0.05, 0.1) is 18.6 Å². The minimum absolute atomic E-state index is 0.143. The number of hydrogen-bond acceptors (Lipinski definition) is 3. The van der Waals surface area contributed by atoms with Gasteiger partial charge in [-0.2, -0.15) is 5.26 Å². The van der Waals surface area contributed by atoms with Crippen LogP contribution in [0.5, 0.6) is 5.75 Å². The second-order valence-electron chi connectivity index (χ2n) is 4.97. The lowest BCUT2D eigenvalue weighted by atomic mass is 9.84. The lowest BCUT2D eigenvalue weighted by Crippen LogP contribution is -2.61. The van der Waals surface area contributed by atoms with Crippen molar-refractivity contribution in [3.8, 4) is 11.8 Å². The lowest BCUT2D eigenvalue weighted by molar-refractivity contribution is -0.156. The predicted molar refractivity (Wildman–Crippen MR) is 64.6 cm³/mol. The van der Waals surface area contributed by atoms with Gasteiger partial charge in [0.1, 0.15) is 11.8 Å². The van der Waals surface area contributed by atoms with Gasteiger partial charge in [-0.25, -0.2) is 0 Å². The first-order valence-corrected chi connectivity index (χ1v) is 6.05. The molecule has 1 atom stereocenters. The van der Waals surface area contributed by atoms with Crippen molar-refractivity contribution in [1.82, 2.24) is 4.90 Å². The van der Waals surface area contributed by atoms with Gasteiger partial charge in [0, 0.05) is 6.54 Å². The number of likely N-dealkylation sites (tertiary alicyclic amines) is 1. The van der Waals surface area contributed by atoms with Gasteiger partial charge in [0.25, 0.3) is 0 Å². The number of hydrogen-bond donors (Lipinski definition) is 0. The van der Waals surface area contributed by atoms with Crippen molar-refractivity contribution in [1.29, 1.82) is 5.26 Å². The molecular formula is C14H14N2O2. The van der Waals surface area contributed by atoms with E-state index in [1.165, 1.54) is 0 Å². The second-order valence-corrected chi connectivity index (χ2v) is 4.97. The second kappa shape index (κ2) is 3.74. The largest absolute Gasteiger partial charge is 0.497 e. The summed E-state index contributed by atoms with van der Waals surface area (Å²) >= 11 is 0. The fourth-order valence-electron chi connectivity index (χ4n) is 2.66. The molecule has 1 amide bonds. The summed E-state index contributed by atoms with van der Waals surface area (Å²) in [5, 5.41) is 9.15. The molecule has 92 valence electrons. The Balaban J connectivity index is 1.73. The predicted octanol–water partition coefficient (Wildman–Crippen LogP) is 1.71. The van der Waals surface area contributed by atoms with Gasteiger partial charge < -0.3 is 9.64 Å². The third kappa shape index (κ3) is 1.40. The van der Waals surface area contributed by atoms with Gasteiger partial charge in [-0.15, -0.1) is 0 Å². The molecule has 3 rings (SSSR count). The number of carbonyl (C=O) groups excluding carboxylic acids is 1. The van der Waals surface area contributed by atoms with Crippen LogP contribution >= 0.6 is 0 Å². The maximum absolute atomic E-state index is 12.0. The summed E-state index contributed by atoms with van der Waals surface area (Å²) in [4.78, 5) is 13.7. The SMILES string of the molecule is COc1ccc(CN2C(=O)C3(CC3)C2C#N)cc1. The van der Waals surface area contributed by atoms with Crippen LogP contribution in [0.25, 0.3) is 0 Å². The maximum atomic E-state index is 12.0. The molecule has 1 heterocycles. The van der Waals surface area contributed by atoms with E-state index in [1.807, 2.05) is 24.3 Å². The van der Waals surface area contributed by atoms with Crippen LogP contribution in [0.4, 0.5) is 0 Å². The van der Waals surface area contributed by atoms with E-state index in [1.54, 1.807) is 12.0 Å². The van der Waals surface area contributed by atoms with Gasteiger partial charge in [0.2, 0.25) is 5.91 Å². The number of amides is 1. The summed E-state index contributed by atoms with van der Waals surface area (Å²) in [6.07, 6.45) is 1.76. The van der Waals surface area contributed by atoms with E-state index in [2.05, 4.69) is 6.07 Å². The molecule has 4 nitrogen and oxygen atoms in total. The van der Waals surface area contributed by atoms with Crippen LogP contribution in [0, 0.1) is 16.7 Å². The Hall–Kier alpha value is -2.02. The van der Waals surface area contributed by atoms with Crippen LogP contribution in [-0.2, 0) is 11.3 Å². The molecule has 1 aliphatic heterocycles. The number of nitriles is 1. The molecule has 2 aliphatic rings. The van der Waals surface area contributed by atoms with E-state index >= 15 is 0 Å². The summed E-state index contributed by atoms with van der Waals surface area (Å²) in [6.45, 7) is 0.517. The topological polar surface area (TPSA) is 53.3 Å². The Kier molecular flexibility index (Phi) is 2.30. The van der Waals surface area contributed by atoms with Crippen LogP contribution in [0.2, 0.25) is 0 Å². The van der Waals surface area contributed by atoms with Crippen molar-refractivity contribution in [2.24, 2.45) is 5.41 Å². The molecule has 18 heavy (non-hydrogen) atoms. The van der Waals surface area contributed by atoms with E-state index < -0.39 is 0 Å². The van der Waals surface area contributed by atoms with Gasteiger partial charge in [-0.1, -0.05) is 12.1 Å².